The van der Waals surface area contributed by atoms with Crippen molar-refractivity contribution in [2.24, 2.45) is 0 Å². The largest absolute Gasteiger partial charge is 2.00 e. The molecular formula is C4H5CuNO4. The van der Waals surface area contributed by atoms with Gasteiger partial charge in [0.1, 0.15) is 0 Å². The molecule has 0 aliphatic carbocycles. The normalized spacial score (nSPS) is 8.00. The summed E-state index contributed by atoms with van der Waals surface area (Å²) >= 11 is 0. The number of carbonyl (C=O) groups excluding carboxylic acids is 2. The Morgan fingerprint density at radius 2 is 1.40 bits per heavy atom. The molecule has 61 valence electrons. The minimum Gasteiger partial charge on any atom is -0.549 e. The molecule has 6 heteroatoms. The Hall–Kier alpha value is -0.581. The molecular weight excluding hydrogens is 190 g/mol. The van der Waals surface area contributed by atoms with Crippen LogP contribution in [0, 0.1) is 0 Å². The quantitative estimate of drug-likeness (QED) is 0.462. The molecule has 0 saturated carbocycles. The van der Waals surface area contributed by atoms with Crippen molar-refractivity contribution >= 4 is 11.9 Å². The molecule has 0 saturated heterocycles. The first-order valence-corrected chi connectivity index (χ1v) is 2.23. The van der Waals surface area contributed by atoms with Gasteiger partial charge in [0.25, 0.3) is 0 Å². The average molecular weight is 195 g/mol. The third-order valence-electron chi connectivity index (χ3n) is 0.539. The molecule has 1 N–H and O–H groups in total. The van der Waals surface area contributed by atoms with Crippen molar-refractivity contribution in [1.29, 1.82) is 0 Å². The number of rotatable bonds is 4. The van der Waals surface area contributed by atoms with Crippen LogP contribution >= 0.6 is 0 Å². The van der Waals surface area contributed by atoms with Gasteiger partial charge in [-0.15, -0.1) is 0 Å². The standard InChI is InChI=1S/C4H7NO4.Cu/c6-3(7)1-5-2-4(8)9;/h5H,1-2H2,(H,6,7)(H,8,9);/q;+2/p-2. The van der Waals surface area contributed by atoms with Crippen LogP contribution in [0.1, 0.15) is 0 Å². The van der Waals surface area contributed by atoms with Crippen molar-refractivity contribution in [3.05, 3.63) is 0 Å². The number of carboxylic acid groups (broad SMARTS) is 2. The fourth-order valence-electron chi connectivity index (χ4n) is 0.267. The van der Waals surface area contributed by atoms with Gasteiger partial charge >= 0.3 is 17.1 Å². The van der Waals surface area contributed by atoms with Crippen molar-refractivity contribution in [2.75, 3.05) is 13.1 Å². The van der Waals surface area contributed by atoms with E-state index in [1.165, 1.54) is 0 Å². The van der Waals surface area contributed by atoms with Gasteiger partial charge in [0.2, 0.25) is 0 Å². The third-order valence-corrected chi connectivity index (χ3v) is 0.539. The van der Waals surface area contributed by atoms with Gasteiger partial charge in [-0.05, 0) is 0 Å². The predicted molar refractivity (Wildman–Crippen MR) is 22.9 cm³/mol. The molecule has 1 radical (unpaired) electrons. The molecule has 0 aromatic heterocycles. The third kappa shape index (κ3) is 10.4. The molecule has 0 rings (SSSR count). The number of aliphatic carboxylic acids is 2. The van der Waals surface area contributed by atoms with Gasteiger partial charge in [-0.3, -0.25) is 0 Å². The zero-order valence-corrected chi connectivity index (χ0v) is 5.79. The average Bonchev–Trinajstić information content (AvgIpc) is 1.63. The van der Waals surface area contributed by atoms with E-state index in [2.05, 4.69) is 5.32 Å². The Morgan fingerprint density at radius 1 is 1.10 bits per heavy atom. The Balaban J connectivity index is 0. The molecule has 0 fully saturated rings. The predicted octanol–water partition coefficient (Wildman–Crippen LogP) is -3.93. The summed E-state index contributed by atoms with van der Waals surface area (Å²) in [4.78, 5) is 19.2. The van der Waals surface area contributed by atoms with Gasteiger partial charge in [-0.25, -0.2) is 0 Å². The van der Waals surface area contributed by atoms with E-state index in [1.54, 1.807) is 0 Å². The fraction of sp³-hybridized carbons (Fsp3) is 0.500. The van der Waals surface area contributed by atoms with E-state index in [0.717, 1.165) is 0 Å². The summed E-state index contributed by atoms with van der Waals surface area (Å²) in [6, 6.07) is 0. The molecule has 0 aromatic carbocycles. The summed E-state index contributed by atoms with van der Waals surface area (Å²) in [5, 5.41) is 21.2. The monoisotopic (exact) mass is 194 g/mol. The second kappa shape index (κ2) is 6.54. The van der Waals surface area contributed by atoms with Crippen LogP contribution in [0.3, 0.4) is 0 Å². The second-order valence-corrected chi connectivity index (χ2v) is 1.35. The van der Waals surface area contributed by atoms with E-state index in [4.69, 9.17) is 0 Å². The van der Waals surface area contributed by atoms with Crippen molar-refractivity contribution in [1.82, 2.24) is 5.32 Å². The molecule has 0 aliphatic heterocycles. The zero-order valence-electron chi connectivity index (χ0n) is 4.85. The summed E-state index contributed by atoms with van der Waals surface area (Å²) in [5.74, 6) is -2.67. The summed E-state index contributed by atoms with van der Waals surface area (Å²) in [5.41, 5.74) is 0. The molecule has 0 bridgehead atoms. The minimum absolute atomic E-state index is 0. The molecule has 10 heavy (non-hydrogen) atoms. The van der Waals surface area contributed by atoms with Crippen LogP contribution in [0.5, 0.6) is 0 Å². The van der Waals surface area contributed by atoms with E-state index in [1.807, 2.05) is 0 Å². The minimum atomic E-state index is -1.34. The Kier molecular flexibility index (Phi) is 7.93. The van der Waals surface area contributed by atoms with Crippen molar-refractivity contribution in [2.45, 2.75) is 0 Å². The maximum Gasteiger partial charge on any atom is 2.00 e. The molecule has 0 amide bonds. The van der Waals surface area contributed by atoms with Gasteiger partial charge < -0.3 is 25.1 Å². The first-order chi connectivity index (χ1) is 4.13. The van der Waals surface area contributed by atoms with Crippen molar-refractivity contribution < 1.29 is 36.9 Å². The maximum atomic E-state index is 9.59. The number of hydrogen-bond donors (Lipinski definition) is 1. The molecule has 0 aliphatic rings. The smallest absolute Gasteiger partial charge is 0.549 e. The van der Waals surface area contributed by atoms with E-state index in [0.29, 0.717) is 0 Å². The summed E-state index contributed by atoms with van der Waals surface area (Å²) in [7, 11) is 0. The molecule has 0 unspecified atom stereocenters. The van der Waals surface area contributed by atoms with E-state index in [-0.39, 0.29) is 17.1 Å². The van der Waals surface area contributed by atoms with Crippen LogP contribution in [-0.2, 0) is 26.7 Å². The Bertz CT molecular complexity index is 112. The maximum absolute atomic E-state index is 9.59. The number of carboxylic acids is 2. The molecule has 0 aromatic rings. The van der Waals surface area contributed by atoms with E-state index >= 15 is 0 Å². The first kappa shape index (κ1) is 12.1. The van der Waals surface area contributed by atoms with Crippen LogP contribution < -0.4 is 15.5 Å². The van der Waals surface area contributed by atoms with Crippen LogP contribution in [-0.4, -0.2) is 25.0 Å². The summed E-state index contributed by atoms with van der Waals surface area (Å²) in [6.07, 6.45) is 0. The van der Waals surface area contributed by atoms with Crippen molar-refractivity contribution in [3.8, 4) is 0 Å². The van der Waals surface area contributed by atoms with E-state index < -0.39 is 25.0 Å². The fourth-order valence-corrected chi connectivity index (χ4v) is 0.267. The Labute approximate surface area is 67.9 Å². The van der Waals surface area contributed by atoms with Crippen LogP contribution in [0.25, 0.3) is 0 Å². The van der Waals surface area contributed by atoms with Gasteiger partial charge in [0, 0.05) is 13.1 Å². The SMILES string of the molecule is O=C([O-])CNCC(=O)[O-].[Cu+2]. The first-order valence-electron chi connectivity index (χ1n) is 2.23. The molecule has 5 nitrogen and oxygen atoms in total. The topological polar surface area (TPSA) is 92.3 Å². The number of hydrogen-bond acceptors (Lipinski definition) is 5. The molecule has 0 atom stereocenters. The van der Waals surface area contributed by atoms with Gasteiger partial charge in [-0.1, -0.05) is 0 Å². The van der Waals surface area contributed by atoms with E-state index in [9.17, 15) is 19.8 Å². The van der Waals surface area contributed by atoms with Gasteiger partial charge in [0.05, 0.1) is 11.9 Å². The van der Waals surface area contributed by atoms with Crippen LogP contribution in [0.4, 0.5) is 0 Å². The Morgan fingerprint density at radius 3 is 1.60 bits per heavy atom. The summed E-state index contributed by atoms with van der Waals surface area (Å²) in [6.45, 7) is -0.929. The van der Waals surface area contributed by atoms with Crippen molar-refractivity contribution in [3.63, 3.8) is 0 Å². The van der Waals surface area contributed by atoms with Gasteiger partial charge in [0.15, 0.2) is 0 Å². The summed E-state index contributed by atoms with van der Waals surface area (Å²) < 4.78 is 0. The second-order valence-electron chi connectivity index (χ2n) is 1.35. The number of nitrogens with one attached hydrogen (secondary N) is 1. The molecule has 0 heterocycles. The number of carbonyl (C=O) groups is 2. The van der Waals surface area contributed by atoms with Crippen LogP contribution in [0.15, 0.2) is 0 Å². The molecule has 0 spiro atoms. The zero-order chi connectivity index (χ0) is 7.28. The van der Waals surface area contributed by atoms with Gasteiger partial charge in [-0.2, -0.15) is 0 Å². The van der Waals surface area contributed by atoms with Crippen LogP contribution in [0.2, 0.25) is 0 Å².